The molecule has 0 radical (unpaired) electrons. The molecule has 0 saturated carbocycles. The van der Waals surface area contributed by atoms with Gasteiger partial charge in [-0.25, -0.2) is 4.98 Å². The molecule has 0 amide bonds. The summed E-state index contributed by atoms with van der Waals surface area (Å²) in [6, 6.07) is 24.3. The van der Waals surface area contributed by atoms with Gasteiger partial charge in [0.2, 0.25) is 0 Å². The fraction of sp³-hybridized carbons (Fsp3) is 0.300. The van der Waals surface area contributed by atoms with E-state index in [4.69, 9.17) is 4.98 Å². The molecule has 32 heavy (non-hydrogen) atoms. The van der Waals surface area contributed by atoms with Gasteiger partial charge in [0.25, 0.3) is 0 Å². The maximum atomic E-state index is 4.73. The average molecular weight is 423 g/mol. The zero-order valence-corrected chi connectivity index (χ0v) is 20.1. The molecule has 164 valence electrons. The summed E-state index contributed by atoms with van der Waals surface area (Å²) in [7, 11) is 0. The van der Waals surface area contributed by atoms with Crippen molar-refractivity contribution in [1.82, 2.24) is 9.55 Å². The molecule has 3 aromatic carbocycles. The molecular weight excluding hydrogens is 388 g/mol. The molecule has 0 bridgehead atoms. The lowest BCUT2D eigenvalue weighted by molar-refractivity contribution is 0.807. The van der Waals surface area contributed by atoms with Crippen LogP contribution in [-0.4, -0.2) is 9.55 Å². The number of aromatic nitrogens is 2. The predicted molar refractivity (Wildman–Crippen MR) is 137 cm³/mol. The highest BCUT2D eigenvalue weighted by atomic mass is 15.1. The molecule has 0 atom stereocenters. The first-order valence-electron chi connectivity index (χ1n) is 11.7. The van der Waals surface area contributed by atoms with Crippen LogP contribution in [0.2, 0.25) is 0 Å². The van der Waals surface area contributed by atoms with E-state index in [-0.39, 0.29) is 0 Å². The third-order valence-corrected chi connectivity index (χ3v) is 6.24. The van der Waals surface area contributed by atoms with Crippen LogP contribution < -0.4 is 0 Å². The molecule has 1 aromatic heterocycles. The molecule has 2 heteroatoms. The van der Waals surface area contributed by atoms with Gasteiger partial charge in [-0.1, -0.05) is 96.1 Å². The Bertz CT molecular complexity index is 1150. The van der Waals surface area contributed by atoms with Crippen LogP contribution in [0.1, 0.15) is 76.0 Å². The number of benzene rings is 3. The quantitative estimate of drug-likeness (QED) is 0.304. The minimum atomic E-state index is 0.392. The summed E-state index contributed by atoms with van der Waals surface area (Å²) in [4.78, 5) is 4.73. The van der Waals surface area contributed by atoms with Crippen molar-refractivity contribution in [3.05, 3.63) is 95.8 Å². The van der Waals surface area contributed by atoms with E-state index in [9.17, 15) is 0 Å². The lowest BCUT2D eigenvalue weighted by atomic mass is 9.87. The van der Waals surface area contributed by atoms with E-state index in [1.54, 1.807) is 0 Å². The van der Waals surface area contributed by atoms with Crippen molar-refractivity contribution in [3.8, 4) is 28.2 Å². The molecule has 4 aromatic rings. The van der Waals surface area contributed by atoms with Gasteiger partial charge in [-0.05, 0) is 57.7 Å². The largest absolute Gasteiger partial charge is 0.299 e. The Morgan fingerprint density at radius 3 is 1.75 bits per heavy atom. The topological polar surface area (TPSA) is 17.8 Å². The summed E-state index contributed by atoms with van der Waals surface area (Å²) in [6.07, 6.45) is 4.02. The summed E-state index contributed by atoms with van der Waals surface area (Å²) >= 11 is 0. The Hall–Kier alpha value is -3.13. The monoisotopic (exact) mass is 422 g/mol. The van der Waals surface area contributed by atoms with E-state index in [1.165, 1.54) is 33.5 Å². The molecule has 0 saturated heterocycles. The molecule has 0 aliphatic rings. The maximum absolute atomic E-state index is 4.73. The first-order chi connectivity index (χ1) is 15.4. The average Bonchev–Trinajstić information content (AvgIpc) is 3.28. The molecule has 0 fully saturated rings. The standard InChI is InChI=1S/C30H34N2/c1-20(2)23-12-14-24(15-13-23)26-18-27(21(3)4)29(28(19-26)22(5)6)32-17-16-31-30(32)25-10-8-7-9-11-25/h7-22H,1-6H3. The Morgan fingerprint density at radius 1 is 0.625 bits per heavy atom. The maximum Gasteiger partial charge on any atom is 0.144 e. The molecule has 1 heterocycles. The van der Waals surface area contributed by atoms with E-state index in [0.717, 1.165) is 11.4 Å². The molecule has 2 nitrogen and oxygen atoms in total. The number of hydrogen-bond donors (Lipinski definition) is 0. The van der Waals surface area contributed by atoms with Crippen LogP contribution >= 0.6 is 0 Å². The molecule has 0 spiro atoms. The minimum absolute atomic E-state index is 0.392. The lowest BCUT2D eigenvalue weighted by Crippen LogP contribution is -2.08. The highest BCUT2D eigenvalue weighted by Crippen LogP contribution is 2.38. The van der Waals surface area contributed by atoms with Crippen LogP contribution in [0.4, 0.5) is 0 Å². The predicted octanol–water partition coefficient (Wildman–Crippen LogP) is 8.58. The highest BCUT2D eigenvalue weighted by Gasteiger charge is 2.20. The van der Waals surface area contributed by atoms with Crippen LogP contribution in [-0.2, 0) is 0 Å². The number of rotatable bonds is 6. The van der Waals surface area contributed by atoms with E-state index >= 15 is 0 Å². The second-order valence-electron chi connectivity index (χ2n) is 9.58. The lowest BCUT2D eigenvalue weighted by Gasteiger charge is -2.24. The fourth-order valence-corrected chi connectivity index (χ4v) is 4.35. The summed E-state index contributed by atoms with van der Waals surface area (Å²) in [6.45, 7) is 13.6. The van der Waals surface area contributed by atoms with Gasteiger partial charge < -0.3 is 0 Å². The first-order valence-corrected chi connectivity index (χ1v) is 11.7. The van der Waals surface area contributed by atoms with Gasteiger partial charge in [-0.15, -0.1) is 0 Å². The summed E-state index contributed by atoms with van der Waals surface area (Å²) in [5, 5.41) is 0. The van der Waals surface area contributed by atoms with Gasteiger partial charge in [-0.3, -0.25) is 4.57 Å². The fourth-order valence-electron chi connectivity index (χ4n) is 4.35. The number of hydrogen-bond acceptors (Lipinski definition) is 1. The molecule has 0 aliphatic heterocycles. The van der Waals surface area contributed by atoms with E-state index < -0.39 is 0 Å². The van der Waals surface area contributed by atoms with Gasteiger partial charge in [-0.2, -0.15) is 0 Å². The van der Waals surface area contributed by atoms with Crippen LogP contribution in [0.25, 0.3) is 28.2 Å². The van der Waals surface area contributed by atoms with E-state index in [2.05, 4.69) is 119 Å². The van der Waals surface area contributed by atoms with Crippen LogP contribution in [0.15, 0.2) is 79.1 Å². The molecular formula is C30H34N2. The summed E-state index contributed by atoms with van der Waals surface area (Å²) < 4.78 is 2.28. The number of imidazole rings is 1. The van der Waals surface area contributed by atoms with Crippen LogP contribution in [0.5, 0.6) is 0 Å². The van der Waals surface area contributed by atoms with Crippen molar-refractivity contribution in [2.24, 2.45) is 0 Å². The van der Waals surface area contributed by atoms with Crippen molar-refractivity contribution in [3.63, 3.8) is 0 Å². The van der Waals surface area contributed by atoms with Gasteiger partial charge in [0.05, 0.1) is 5.69 Å². The van der Waals surface area contributed by atoms with Crippen LogP contribution in [0, 0.1) is 0 Å². The Balaban J connectivity index is 1.92. The van der Waals surface area contributed by atoms with Crippen molar-refractivity contribution < 1.29 is 0 Å². The summed E-state index contributed by atoms with van der Waals surface area (Å²) in [5.74, 6) is 2.32. The third-order valence-electron chi connectivity index (χ3n) is 6.24. The second kappa shape index (κ2) is 9.16. The summed E-state index contributed by atoms with van der Waals surface area (Å²) in [5.41, 5.74) is 9.06. The Morgan fingerprint density at radius 2 is 1.22 bits per heavy atom. The Labute approximate surface area is 193 Å². The van der Waals surface area contributed by atoms with Crippen molar-refractivity contribution in [2.75, 3.05) is 0 Å². The van der Waals surface area contributed by atoms with E-state index in [1.807, 2.05) is 6.20 Å². The smallest absolute Gasteiger partial charge is 0.144 e. The van der Waals surface area contributed by atoms with Crippen molar-refractivity contribution in [2.45, 2.75) is 59.3 Å². The van der Waals surface area contributed by atoms with Crippen LogP contribution in [0.3, 0.4) is 0 Å². The van der Waals surface area contributed by atoms with Gasteiger partial charge in [0, 0.05) is 18.0 Å². The minimum Gasteiger partial charge on any atom is -0.299 e. The first kappa shape index (κ1) is 22.1. The molecule has 0 N–H and O–H groups in total. The van der Waals surface area contributed by atoms with Gasteiger partial charge in [0.15, 0.2) is 0 Å². The van der Waals surface area contributed by atoms with Crippen molar-refractivity contribution >= 4 is 0 Å². The third kappa shape index (κ3) is 4.27. The second-order valence-corrected chi connectivity index (χ2v) is 9.58. The molecule has 0 aliphatic carbocycles. The van der Waals surface area contributed by atoms with Crippen molar-refractivity contribution in [1.29, 1.82) is 0 Å². The zero-order valence-electron chi connectivity index (χ0n) is 20.1. The zero-order chi connectivity index (χ0) is 22.8. The number of nitrogens with zero attached hydrogens (tertiary/aromatic N) is 2. The molecule has 0 unspecified atom stereocenters. The normalized spacial score (nSPS) is 11.7. The SMILES string of the molecule is CC(C)c1ccc(-c2cc(C(C)C)c(-n3ccnc3-c3ccccc3)c(C(C)C)c2)cc1. The van der Waals surface area contributed by atoms with Gasteiger partial charge >= 0.3 is 0 Å². The highest BCUT2D eigenvalue weighted by molar-refractivity contribution is 5.71. The molecule has 4 rings (SSSR count). The Kier molecular flexibility index (Phi) is 6.32. The van der Waals surface area contributed by atoms with Gasteiger partial charge in [0.1, 0.15) is 5.82 Å². The van der Waals surface area contributed by atoms with E-state index in [0.29, 0.717) is 17.8 Å².